The molecule has 2 aromatic heterocycles. The fourth-order valence-electron chi connectivity index (χ4n) is 14.1. The number of nitrogens with one attached hydrogen (secondary N) is 1. The number of pyridine rings is 1. The van der Waals surface area contributed by atoms with Crippen molar-refractivity contribution in [2.24, 2.45) is 22.7 Å². The van der Waals surface area contributed by atoms with E-state index in [2.05, 4.69) is 44.1 Å². The van der Waals surface area contributed by atoms with Crippen molar-refractivity contribution in [1.29, 1.82) is 0 Å². The predicted molar refractivity (Wildman–Crippen MR) is 291 cm³/mol. The third-order valence-electron chi connectivity index (χ3n) is 18.8. The molecule has 3 amide bonds. The molecule has 17 heteroatoms. The summed E-state index contributed by atoms with van der Waals surface area (Å²) < 4.78 is 38.9. The van der Waals surface area contributed by atoms with Gasteiger partial charge in [0.2, 0.25) is 11.8 Å². The number of hydrogen-bond donors (Lipinski definition) is 3. The number of aliphatic hydroxyl groups is 1. The van der Waals surface area contributed by atoms with E-state index in [0.717, 1.165) is 108 Å². The molecule has 3 N–H and O–H groups in total. The number of nitrogens with zero attached hydrogens (tertiary/aromatic N) is 8. The number of fused-ring (bicyclic) bond motifs is 3. The highest BCUT2D eigenvalue weighted by Gasteiger charge is 2.47. The Labute approximate surface area is 449 Å². The Balaban J connectivity index is 0.645. The highest BCUT2D eigenvalue weighted by atomic mass is 19.1. The minimum atomic E-state index is -0.962. The van der Waals surface area contributed by atoms with Crippen molar-refractivity contribution in [3.63, 3.8) is 0 Å². The Morgan fingerprint density at radius 3 is 2.26 bits per heavy atom. The molecule has 6 fully saturated rings. The van der Waals surface area contributed by atoms with Crippen molar-refractivity contribution in [2.45, 2.75) is 122 Å². The van der Waals surface area contributed by atoms with E-state index in [1.165, 1.54) is 37.8 Å². The number of carbonyl (C=O) groups is 3. The number of carbonyl (C=O) groups excluding carboxylic acids is 3. The second kappa shape index (κ2) is 20.3. The summed E-state index contributed by atoms with van der Waals surface area (Å²) in [6.45, 7) is 16.3. The zero-order valence-electron chi connectivity index (χ0n) is 44.9. The third-order valence-corrected chi connectivity index (χ3v) is 18.8. The molecule has 408 valence electrons. The number of benzene rings is 3. The van der Waals surface area contributed by atoms with Gasteiger partial charge >= 0.3 is 6.01 Å². The zero-order valence-corrected chi connectivity index (χ0v) is 44.9. The van der Waals surface area contributed by atoms with Gasteiger partial charge in [0, 0.05) is 80.7 Å². The van der Waals surface area contributed by atoms with Crippen molar-refractivity contribution >= 4 is 50.9 Å². The number of phenolic OH excluding ortho intramolecular Hbond substituents is 1. The molecule has 0 spiro atoms. The molecule has 8 heterocycles. The summed E-state index contributed by atoms with van der Waals surface area (Å²) in [7, 11) is 0. The topological polar surface area (TPSA) is 168 Å². The standard InChI is InChI=1S/C60H73F2N9O6/c1-4-43-47(61)9-6-39-29-42(72)30-45(50(39)43)52-51(62)53-46(31-63-52)54(70-21-5-16-59(3,76)34-70)66-57(65-53)77-36-60(17-18-60)35-68-26-19-58(2,20-27-68)33-67-22-12-37(13-23-67)38-14-24-69(25-15-38)41-7-8-44-40(28-41)32-71(56(44)75)48-10-11-49(73)64-55(48)74/h6-9,28-31,37-38,48,72,76H,4-5,10-27,32-36H2,1-3H3,(H,64,73,74)/t48?,59-/m1/s1. The molecule has 6 aliphatic heterocycles. The Bertz CT molecular complexity index is 3130. The number of aromatic nitrogens is 3. The number of imide groups is 1. The van der Waals surface area contributed by atoms with Gasteiger partial charge in [-0.25, -0.2) is 8.78 Å². The van der Waals surface area contributed by atoms with Gasteiger partial charge in [-0.1, -0.05) is 19.9 Å². The molecular weight excluding hydrogens is 981 g/mol. The second-order valence-electron chi connectivity index (χ2n) is 24.6. The predicted octanol–water partition coefficient (Wildman–Crippen LogP) is 8.39. The lowest BCUT2D eigenvalue weighted by Crippen LogP contribution is -2.52. The number of rotatable bonds is 13. The molecular formula is C60H73F2N9O6. The first-order valence-electron chi connectivity index (χ1n) is 28.4. The summed E-state index contributed by atoms with van der Waals surface area (Å²) in [6, 6.07) is 11.5. The number of aryl methyl sites for hydroxylation is 1. The molecule has 3 aromatic carbocycles. The van der Waals surface area contributed by atoms with Crippen molar-refractivity contribution in [3.8, 4) is 23.0 Å². The van der Waals surface area contributed by atoms with Crippen LogP contribution in [0.25, 0.3) is 32.9 Å². The summed E-state index contributed by atoms with van der Waals surface area (Å²) in [5, 5.41) is 25.8. The summed E-state index contributed by atoms with van der Waals surface area (Å²) in [5.74, 6) is -0.0745. The van der Waals surface area contributed by atoms with Gasteiger partial charge in [0.1, 0.15) is 34.6 Å². The van der Waals surface area contributed by atoms with Gasteiger partial charge in [0.05, 0.1) is 17.6 Å². The smallest absolute Gasteiger partial charge is 0.319 e. The first-order chi connectivity index (χ1) is 37.0. The van der Waals surface area contributed by atoms with E-state index in [1.807, 2.05) is 17.9 Å². The number of anilines is 2. The fourth-order valence-corrected chi connectivity index (χ4v) is 14.1. The molecule has 1 saturated carbocycles. The first kappa shape index (κ1) is 51.7. The molecule has 77 heavy (non-hydrogen) atoms. The molecule has 0 radical (unpaired) electrons. The minimum Gasteiger partial charge on any atom is -0.508 e. The van der Waals surface area contributed by atoms with Crippen molar-refractivity contribution in [3.05, 3.63) is 77.0 Å². The minimum absolute atomic E-state index is 0.0216. The molecule has 5 saturated heterocycles. The van der Waals surface area contributed by atoms with Gasteiger partial charge in [-0.05, 0) is 186 Å². The SMILES string of the molecule is CCc1c(F)ccc2cc(O)cc(-c3ncc4c(N5CCC[C@@](C)(O)C5)nc(OCC5(CN6CCC(C)(CN7CCC(C8CCN(c9ccc%10c(c9)CN(C9CCC(=O)NC9=O)C%10=O)CC8)CC7)CC6)CC5)nc4c3F)c12. The van der Waals surface area contributed by atoms with Crippen LogP contribution in [-0.2, 0) is 22.6 Å². The number of hydrogen-bond acceptors (Lipinski definition) is 13. The highest BCUT2D eigenvalue weighted by Crippen LogP contribution is 2.48. The number of aromatic hydroxyl groups is 1. The van der Waals surface area contributed by atoms with Crippen LogP contribution in [0.4, 0.5) is 20.3 Å². The van der Waals surface area contributed by atoms with Crippen LogP contribution in [0.1, 0.15) is 119 Å². The summed E-state index contributed by atoms with van der Waals surface area (Å²) in [5.41, 5.74) is 2.67. The van der Waals surface area contributed by atoms with Crippen LogP contribution in [-0.4, -0.2) is 141 Å². The van der Waals surface area contributed by atoms with Crippen LogP contribution in [0.15, 0.2) is 48.7 Å². The largest absolute Gasteiger partial charge is 0.508 e. The van der Waals surface area contributed by atoms with Crippen molar-refractivity contribution in [1.82, 2.24) is 35.0 Å². The lowest BCUT2D eigenvalue weighted by Gasteiger charge is -2.46. The van der Waals surface area contributed by atoms with Gasteiger partial charge in [0.25, 0.3) is 5.91 Å². The van der Waals surface area contributed by atoms with E-state index < -0.39 is 23.3 Å². The third kappa shape index (κ3) is 10.3. The second-order valence-corrected chi connectivity index (χ2v) is 24.6. The van der Waals surface area contributed by atoms with Crippen LogP contribution >= 0.6 is 0 Å². The van der Waals surface area contributed by atoms with Crippen molar-refractivity contribution < 1.29 is 38.1 Å². The molecule has 12 rings (SSSR count). The van der Waals surface area contributed by atoms with Gasteiger partial charge in [0.15, 0.2) is 5.82 Å². The molecule has 1 aliphatic carbocycles. The van der Waals surface area contributed by atoms with Gasteiger partial charge in [-0.2, -0.15) is 9.97 Å². The Morgan fingerprint density at radius 2 is 1.55 bits per heavy atom. The monoisotopic (exact) mass is 1050 g/mol. The van der Waals surface area contributed by atoms with Gasteiger partial charge in [-0.3, -0.25) is 24.7 Å². The van der Waals surface area contributed by atoms with Crippen LogP contribution < -0.4 is 19.9 Å². The Hall–Kier alpha value is -6.04. The number of phenols is 1. The van der Waals surface area contributed by atoms with E-state index in [4.69, 9.17) is 14.7 Å². The maximum absolute atomic E-state index is 17.2. The van der Waals surface area contributed by atoms with Gasteiger partial charge in [-0.15, -0.1) is 0 Å². The first-order valence-corrected chi connectivity index (χ1v) is 28.4. The van der Waals surface area contributed by atoms with E-state index in [9.17, 15) is 24.6 Å². The fraction of sp³-hybridized carbons (Fsp3) is 0.567. The van der Waals surface area contributed by atoms with Gasteiger partial charge < -0.3 is 39.4 Å². The van der Waals surface area contributed by atoms with Crippen molar-refractivity contribution in [2.75, 3.05) is 81.9 Å². The number of likely N-dealkylation sites (tertiary alicyclic amines) is 2. The van der Waals surface area contributed by atoms with Crippen LogP contribution in [0.5, 0.6) is 11.8 Å². The maximum atomic E-state index is 17.2. The zero-order chi connectivity index (χ0) is 53.4. The number of β-amino-alcohol motifs (C(OH)–C–C–N with tert-alkyl or cyclic N) is 1. The molecule has 15 nitrogen and oxygen atoms in total. The van der Waals surface area contributed by atoms with E-state index in [0.29, 0.717) is 78.6 Å². The summed E-state index contributed by atoms with van der Waals surface area (Å²) in [4.78, 5) is 63.1. The Morgan fingerprint density at radius 1 is 0.805 bits per heavy atom. The van der Waals surface area contributed by atoms with E-state index >= 15 is 8.78 Å². The van der Waals surface area contributed by atoms with Crippen LogP contribution in [0.2, 0.25) is 0 Å². The molecule has 0 bridgehead atoms. The van der Waals surface area contributed by atoms with Crippen LogP contribution in [0.3, 0.4) is 0 Å². The lowest BCUT2D eigenvalue weighted by atomic mass is 9.76. The summed E-state index contributed by atoms with van der Waals surface area (Å²) in [6.07, 6.45) is 13.0. The number of halogens is 2. The average Bonchev–Trinajstić information content (AvgIpc) is 4.16. The Kier molecular flexibility index (Phi) is 13.6. The van der Waals surface area contributed by atoms with E-state index in [-0.39, 0.29) is 63.5 Å². The lowest BCUT2D eigenvalue weighted by molar-refractivity contribution is -0.136. The molecule has 7 aliphatic rings. The molecule has 5 aromatic rings. The highest BCUT2D eigenvalue weighted by molar-refractivity contribution is 6.06. The average molecular weight is 1050 g/mol. The molecule has 2 atom stereocenters. The quantitative estimate of drug-likeness (QED) is 0.0964. The normalized spacial score (nSPS) is 24.5. The number of piperidine rings is 5. The number of amides is 3. The maximum Gasteiger partial charge on any atom is 0.319 e. The van der Waals surface area contributed by atoms with Crippen LogP contribution in [0, 0.1) is 34.3 Å². The summed E-state index contributed by atoms with van der Waals surface area (Å²) >= 11 is 0. The molecule has 1 unspecified atom stereocenters. The number of ether oxygens (including phenoxy) is 1. The van der Waals surface area contributed by atoms with E-state index in [1.54, 1.807) is 30.2 Å².